The zero-order valence-electron chi connectivity index (χ0n) is 28.1. The Balaban J connectivity index is 0.000000682. The van der Waals surface area contributed by atoms with Gasteiger partial charge >= 0.3 is 37.9 Å². The predicted molar refractivity (Wildman–Crippen MR) is 186 cm³/mol. The Kier molecular flexibility index (Phi) is 17.2. The van der Waals surface area contributed by atoms with E-state index in [9.17, 15) is 0 Å². The Labute approximate surface area is 277 Å². The topological polar surface area (TPSA) is 18.5 Å². The summed E-state index contributed by atoms with van der Waals surface area (Å²) >= 11 is -0.826. The number of hydrogen-bond donors (Lipinski definition) is 0. The van der Waals surface area contributed by atoms with Crippen LogP contribution in [0.3, 0.4) is 0 Å². The molecule has 0 aromatic heterocycles. The van der Waals surface area contributed by atoms with Crippen LogP contribution in [0.1, 0.15) is 54.4 Å². The number of hydrogen-bond acceptors (Lipinski definition) is 2. The van der Waals surface area contributed by atoms with Crippen LogP contribution < -0.4 is 0 Å². The number of rotatable bonds is 4. The third kappa shape index (κ3) is 11.0. The number of allylic oxidation sites excluding steroid dienone is 8. The molecule has 0 bridgehead atoms. The molecular weight excluding hydrogens is 659 g/mol. The summed E-state index contributed by atoms with van der Waals surface area (Å²) in [6.45, 7) is 32.0. The number of halogens is 2. The first-order valence-corrected chi connectivity index (χ1v) is 26.7. The Morgan fingerprint density at radius 1 is 0.634 bits per heavy atom. The van der Waals surface area contributed by atoms with Gasteiger partial charge in [-0.1, -0.05) is 90.2 Å². The zero-order chi connectivity index (χ0) is 29.8. The van der Waals surface area contributed by atoms with E-state index in [-0.39, 0.29) is 24.9 Å². The zero-order valence-corrected chi connectivity index (χ0v) is 34.1. The fourth-order valence-electron chi connectivity index (χ4n) is 5.50. The van der Waals surface area contributed by atoms with E-state index in [2.05, 4.69) is 130 Å². The van der Waals surface area contributed by atoms with Crippen LogP contribution in [0.15, 0.2) is 48.6 Å². The van der Waals surface area contributed by atoms with Crippen molar-refractivity contribution >= 4 is 33.7 Å². The second-order valence-corrected chi connectivity index (χ2v) is 28.0. The normalized spacial score (nSPS) is 31.9. The van der Waals surface area contributed by atoms with Gasteiger partial charge in [0.2, 0.25) is 0 Å². The second kappa shape index (κ2) is 16.9. The van der Waals surface area contributed by atoms with Crippen molar-refractivity contribution in [1.82, 2.24) is 0 Å². The monoisotopic (exact) mass is 716 g/mol. The van der Waals surface area contributed by atoms with Gasteiger partial charge in [-0.2, -0.15) is 0 Å². The minimum absolute atomic E-state index is 0. The van der Waals surface area contributed by atoms with Crippen molar-refractivity contribution in [3.05, 3.63) is 77.3 Å². The van der Waals surface area contributed by atoms with Gasteiger partial charge in [0.1, 0.15) is 0 Å². The van der Waals surface area contributed by atoms with E-state index in [4.69, 9.17) is 25.9 Å². The Morgan fingerprint density at radius 3 is 1.15 bits per heavy atom. The molecule has 238 valence electrons. The van der Waals surface area contributed by atoms with Crippen molar-refractivity contribution < 1.29 is 29.7 Å². The van der Waals surface area contributed by atoms with E-state index in [1.54, 1.807) is 0 Å². The molecule has 7 heteroatoms. The molecule has 0 radical (unpaired) electrons. The van der Waals surface area contributed by atoms with E-state index >= 15 is 0 Å². The molecule has 0 amide bonds. The van der Waals surface area contributed by atoms with Gasteiger partial charge in [0.15, 0.2) is 16.6 Å². The van der Waals surface area contributed by atoms with Gasteiger partial charge in [-0.3, -0.25) is 0 Å². The summed E-state index contributed by atoms with van der Waals surface area (Å²) < 4.78 is 13.2. The molecule has 0 spiro atoms. The average molecular weight is 719 g/mol. The molecule has 2 fully saturated rings. The van der Waals surface area contributed by atoms with Crippen molar-refractivity contribution in [2.45, 2.75) is 103 Å². The molecule has 4 aliphatic rings. The van der Waals surface area contributed by atoms with Gasteiger partial charge in [-0.25, -0.2) is 0 Å². The van der Waals surface area contributed by atoms with Crippen LogP contribution in [-0.2, 0) is 29.7 Å². The third-order valence-electron chi connectivity index (χ3n) is 10.1. The average Bonchev–Trinajstić information content (AvgIpc) is 3.29. The standard InChI is InChI=1S/2C16H27OSi.2CH3.2ClH.Zr/c2*1-12-14-10-8-7-9-13(14)11-15(12)17-18(5,6)16(2,3)4;;;;;/h2*7-10,12-15H,1,11H2,2-6H3;2*1H3;2*1H;/q4*-1;;;+2/p-2. The first-order chi connectivity index (χ1) is 17.9. The van der Waals surface area contributed by atoms with Crippen molar-refractivity contribution in [3.63, 3.8) is 0 Å². The van der Waals surface area contributed by atoms with E-state index in [0.717, 1.165) is 12.8 Å². The van der Waals surface area contributed by atoms with Crippen LogP contribution in [0.2, 0.25) is 36.3 Å². The summed E-state index contributed by atoms with van der Waals surface area (Å²) in [5, 5.41) is 0.568. The first-order valence-electron chi connectivity index (χ1n) is 14.5. The Bertz CT molecular complexity index is 829. The molecule has 4 rings (SSSR count). The van der Waals surface area contributed by atoms with Crippen LogP contribution in [0, 0.1) is 64.2 Å². The quantitative estimate of drug-likeness (QED) is 0.213. The van der Waals surface area contributed by atoms with Gasteiger partial charge in [0, 0.05) is 12.2 Å². The third-order valence-corrected chi connectivity index (χ3v) is 19.1. The van der Waals surface area contributed by atoms with E-state index < -0.39 is 37.5 Å². The van der Waals surface area contributed by atoms with Crippen LogP contribution in [0.25, 0.3) is 0 Å². The van der Waals surface area contributed by atoms with E-state index in [0.29, 0.717) is 47.7 Å². The van der Waals surface area contributed by atoms with Crippen LogP contribution in [0.5, 0.6) is 0 Å². The molecule has 41 heavy (non-hydrogen) atoms. The van der Waals surface area contributed by atoms with Crippen molar-refractivity contribution in [1.29, 1.82) is 0 Å². The number of fused-ring (bicyclic) bond motifs is 2. The van der Waals surface area contributed by atoms with E-state index in [1.165, 1.54) is 0 Å². The minimum atomic E-state index is -1.66. The summed E-state index contributed by atoms with van der Waals surface area (Å²) in [6.07, 6.45) is 20.9. The molecule has 0 aromatic carbocycles. The van der Waals surface area contributed by atoms with Crippen molar-refractivity contribution in [2.75, 3.05) is 0 Å². The van der Waals surface area contributed by atoms with Crippen LogP contribution in [0.4, 0.5) is 0 Å². The molecular formula is C34H60Cl2O2Si2Zr-4. The van der Waals surface area contributed by atoms with Gasteiger partial charge in [0.05, 0.1) is 0 Å². The molecule has 4 aliphatic carbocycles. The molecule has 0 saturated heterocycles. The molecule has 2 nitrogen and oxygen atoms in total. The summed E-state index contributed by atoms with van der Waals surface area (Å²) in [5.41, 5.74) is 0. The Hall–Kier alpha value is 0.777. The summed E-state index contributed by atoms with van der Waals surface area (Å²) in [5.74, 6) is 3.28. The maximum atomic E-state index is 6.58. The van der Waals surface area contributed by atoms with Gasteiger partial charge in [-0.05, 0) is 72.8 Å². The fourth-order valence-corrected chi connectivity index (χ4v) is 8.26. The summed E-state index contributed by atoms with van der Waals surface area (Å²) in [6, 6.07) is 0. The predicted octanol–water partition coefficient (Wildman–Crippen LogP) is 11.5. The molecule has 0 N–H and O–H groups in total. The van der Waals surface area contributed by atoms with E-state index in [1.807, 2.05) is 0 Å². The van der Waals surface area contributed by atoms with Crippen molar-refractivity contribution in [3.8, 4) is 0 Å². The summed E-state index contributed by atoms with van der Waals surface area (Å²) in [7, 11) is 6.54. The second-order valence-electron chi connectivity index (χ2n) is 14.7. The molecule has 8 unspecified atom stereocenters. The molecule has 0 aromatic rings. The Morgan fingerprint density at radius 2 is 0.902 bits per heavy atom. The van der Waals surface area contributed by atoms with Gasteiger partial charge in [-0.15, -0.1) is 11.8 Å². The molecule has 2 saturated carbocycles. The van der Waals surface area contributed by atoms with Gasteiger partial charge < -0.3 is 37.6 Å². The summed E-state index contributed by atoms with van der Waals surface area (Å²) in [4.78, 5) is 0. The first kappa shape index (κ1) is 41.8. The maximum absolute atomic E-state index is 6.58. The SMILES string of the molecule is [CH2-]C1C(O[Si](C)(C)C(C)(C)C)CC2C=CC=CC21.[CH2-]C1C(O[Si](C)(C)C(C)(C)C)CC2C=CC=CC21.[CH3-].[CH3-].[Cl][Zr][Cl]. The van der Waals surface area contributed by atoms with Crippen LogP contribution >= 0.6 is 17.0 Å². The van der Waals surface area contributed by atoms with Crippen molar-refractivity contribution in [2.24, 2.45) is 35.5 Å². The fraction of sp³-hybridized carbons (Fsp3) is 0.647. The molecule has 0 heterocycles. The molecule has 0 aliphatic heterocycles. The van der Waals surface area contributed by atoms with Gasteiger partial charge in [0.25, 0.3) is 0 Å². The molecule has 8 atom stereocenters. The van der Waals surface area contributed by atoms with Crippen LogP contribution in [-0.4, -0.2) is 28.8 Å².